The number of hydrogen-bond acceptors (Lipinski definition) is 5. The van der Waals surface area contributed by atoms with E-state index in [2.05, 4.69) is 4.98 Å². The van der Waals surface area contributed by atoms with Crippen molar-refractivity contribution in [1.82, 2.24) is 13.5 Å². The molecule has 3 aromatic heterocycles. The smallest absolute Gasteiger partial charge is 0.273 e. The van der Waals surface area contributed by atoms with E-state index >= 15 is 0 Å². The Morgan fingerprint density at radius 3 is 2.54 bits per heavy atom. The van der Waals surface area contributed by atoms with E-state index in [0.717, 1.165) is 15.1 Å². The number of halogens is 1. The van der Waals surface area contributed by atoms with E-state index < -0.39 is 25.7 Å². The number of allylic oxidation sites excluding steroid dienone is 3. The normalized spacial score (nSPS) is 19.6. The van der Waals surface area contributed by atoms with Gasteiger partial charge >= 0.3 is 0 Å². The van der Waals surface area contributed by atoms with Crippen LogP contribution < -0.4 is 11.1 Å². The van der Waals surface area contributed by atoms with Gasteiger partial charge in [-0.25, -0.2) is 12.4 Å². The highest BCUT2D eigenvalue weighted by atomic mass is 35.5. The van der Waals surface area contributed by atoms with Crippen LogP contribution in [0.4, 0.5) is 0 Å². The second-order valence-corrected chi connectivity index (χ2v) is 12.3. The quantitative estimate of drug-likeness (QED) is 0.335. The minimum atomic E-state index is -4.19. The number of ether oxygens (including phenoxy) is 1. The first-order valence-corrected chi connectivity index (χ1v) is 14.2. The summed E-state index contributed by atoms with van der Waals surface area (Å²) in [7, 11) is -2.61. The Morgan fingerprint density at radius 2 is 1.85 bits per heavy atom. The summed E-state index contributed by atoms with van der Waals surface area (Å²) in [5, 5.41) is -0.491. The maximum atomic E-state index is 14.1. The van der Waals surface area contributed by atoms with Gasteiger partial charge in [0.05, 0.1) is 12.0 Å². The van der Waals surface area contributed by atoms with Crippen molar-refractivity contribution < 1.29 is 13.2 Å². The average Bonchev–Trinajstić information content (AvgIpc) is 3.37. The Labute approximate surface area is 230 Å². The van der Waals surface area contributed by atoms with Crippen molar-refractivity contribution in [2.24, 2.45) is 0 Å². The lowest BCUT2D eigenvalue weighted by atomic mass is 9.85. The van der Waals surface area contributed by atoms with E-state index in [4.69, 9.17) is 16.3 Å². The molecule has 0 amide bonds. The van der Waals surface area contributed by atoms with E-state index in [1.54, 1.807) is 62.1 Å². The van der Waals surface area contributed by atoms with Gasteiger partial charge < -0.3 is 14.3 Å². The molecule has 0 spiro atoms. The van der Waals surface area contributed by atoms with Gasteiger partial charge in [0.15, 0.2) is 0 Å². The van der Waals surface area contributed by atoms with Crippen LogP contribution in [0.1, 0.15) is 19.4 Å². The van der Waals surface area contributed by atoms with Crippen LogP contribution >= 0.6 is 11.6 Å². The number of rotatable bonds is 7. The van der Waals surface area contributed by atoms with E-state index in [1.165, 1.54) is 12.4 Å². The van der Waals surface area contributed by atoms with Gasteiger partial charge in [-0.2, -0.15) is 0 Å². The Balaban J connectivity index is 1.64. The third kappa shape index (κ3) is 4.40. The standard InChI is InChI=1S/C29H28ClN3O5S/c1-19-15-22(23-17-26(34)32(13-14-38-3)18-24(23)20-7-5-4-6-8-20)16-25(30)29(19,2)39(36,37)33-12-10-21-9-11-31-28(35)27(21)33/h4-12,15-18,25H,13-14H2,1-3H3,(H,31,35). The molecule has 0 saturated carbocycles. The molecule has 1 N–H and O–H groups in total. The van der Waals surface area contributed by atoms with E-state index in [1.807, 2.05) is 30.3 Å². The first kappa shape index (κ1) is 26.9. The second kappa shape index (κ2) is 10.1. The van der Waals surface area contributed by atoms with Crippen molar-refractivity contribution >= 4 is 38.1 Å². The summed E-state index contributed by atoms with van der Waals surface area (Å²) >= 11 is 6.90. The third-order valence-corrected chi connectivity index (χ3v) is 10.6. The van der Waals surface area contributed by atoms with Crippen LogP contribution in [-0.4, -0.2) is 45.8 Å². The SMILES string of the molecule is COCCn1cc(-c2ccccc2)c(C2=CC(Cl)C(C)(S(=O)(=O)n3ccc4cc[nH]c(=O)c43)C(C)=C2)cc1=O. The van der Waals surface area contributed by atoms with Crippen LogP contribution in [0.5, 0.6) is 0 Å². The van der Waals surface area contributed by atoms with E-state index in [9.17, 15) is 18.0 Å². The number of methoxy groups -OCH3 is 1. The van der Waals surface area contributed by atoms with Crippen LogP contribution in [0.15, 0.2) is 94.4 Å². The van der Waals surface area contributed by atoms with Crippen molar-refractivity contribution in [3.63, 3.8) is 0 Å². The Morgan fingerprint density at radius 1 is 1.10 bits per heavy atom. The molecule has 4 aromatic rings. The minimum absolute atomic E-state index is 0.0381. The average molecular weight is 566 g/mol. The van der Waals surface area contributed by atoms with Crippen molar-refractivity contribution in [1.29, 1.82) is 0 Å². The zero-order valence-electron chi connectivity index (χ0n) is 21.7. The lowest BCUT2D eigenvalue weighted by Crippen LogP contribution is -2.48. The molecule has 202 valence electrons. The molecule has 2 atom stereocenters. The number of nitrogens with one attached hydrogen (secondary N) is 1. The van der Waals surface area contributed by atoms with Crippen LogP contribution in [0.3, 0.4) is 0 Å². The predicted molar refractivity (Wildman–Crippen MR) is 155 cm³/mol. The number of fused-ring (bicyclic) bond motifs is 1. The fourth-order valence-corrected chi connectivity index (χ4v) is 7.49. The van der Waals surface area contributed by atoms with Crippen molar-refractivity contribution in [3.8, 4) is 11.1 Å². The number of pyridine rings is 2. The van der Waals surface area contributed by atoms with Crippen molar-refractivity contribution in [3.05, 3.63) is 111 Å². The fraction of sp³-hybridized carbons (Fsp3) is 0.241. The largest absolute Gasteiger partial charge is 0.383 e. The molecule has 0 radical (unpaired) electrons. The van der Waals surface area contributed by atoms with Crippen LogP contribution in [0, 0.1) is 0 Å². The molecule has 1 aliphatic rings. The number of aromatic amines is 1. The van der Waals surface area contributed by atoms with Gasteiger partial charge in [-0.3, -0.25) is 9.59 Å². The van der Waals surface area contributed by atoms with Gasteiger partial charge in [0.2, 0.25) is 10.0 Å². The van der Waals surface area contributed by atoms with Gasteiger partial charge in [-0.1, -0.05) is 42.5 Å². The highest BCUT2D eigenvalue weighted by molar-refractivity contribution is 7.91. The lowest BCUT2D eigenvalue weighted by Gasteiger charge is -2.37. The highest BCUT2D eigenvalue weighted by Gasteiger charge is 2.49. The van der Waals surface area contributed by atoms with Crippen LogP contribution in [0.2, 0.25) is 0 Å². The molecule has 0 fully saturated rings. The van der Waals surface area contributed by atoms with Gasteiger partial charge in [0.1, 0.15) is 10.3 Å². The number of hydrogen-bond donors (Lipinski definition) is 1. The molecule has 2 unspecified atom stereocenters. The second-order valence-electron chi connectivity index (χ2n) is 9.68. The number of H-pyrrole nitrogens is 1. The van der Waals surface area contributed by atoms with Gasteiger partial charge in [0.25, 0.3) is 11.1 Å². The van der Waals surface area contributed by atoms with Gasteiger partial charge in [-0.05, 0) is 48.3 Å². The third-order valence-electron chi connectivity index (χ3n) is 7.44. The molecule has 8 nitrogen and oxygen atoms in total. The summed E-state index contributed by atoms with van der Waals surface area (Å²) in [5.74, 6) is 0. The maximum Gasteiger partial charge on any atom is 0.273 e. The fourth-order valence-electron chi connectivity index (χ4n) is 4.97. The molecule has 3 heterocycles. The molecular formula is C29H28ClN3O5S. The Hall–Kier alpha value is -3.66. The lowest BCUT2D eigenvalue weighted by molar-refractivity contribution is 0.186. The number of nitrogens with zero attached hydrogens (tertiary/aromatic N) is 2. The number of alkyl halides is 1. The first-order valence-electron chi connectivity index (χ1n) is 12.4. The summed E-state index contributed by atoms with van der Waals surface area (Å²) < 4.78 is 34.4. The Bertz CT molecular complexity index is 1850. The maximum absolute atomic E-state index is 14.1. The molecule has 10 heteroatoms. The summed E-state index contributed by atoms with van der Waals surface area (Å²) in [4.78, 5) is 28.1. The zero-order valence-corrected chi connectivity index (χ0v) is 23.3. The molecule has 39 heavy (non-hydrogen) atoms. The summed E-state index contributed by atoms with van der Waals surface area (Å²) in [5.41, 5.74) is 2.80. The van der Waals surface area contributed by atoms with E-state index in [-0.39, 0.29) is 11.1 Å². The van der Waals surface area contributed by atoms with Crippen LogP contribution in [0.25, 0.3) is 27.6 Å². The summed E-state index contributed by atoms with van der Waals surface area (Å²) in [6.07, 6.45) is 8.07. The first-order chi connectivity index (χ1) is 18.6. The summed E-state index contributed by atoms with van der Waals surface area (Å²) in [6.45, 7) is 4.04. The summed E-state index contributed by atoms with van der Waals surface area (Å²) in [6, 6.07) is 14.4. The minimum Gasteiger partial charge on any atom is -0.383 e. The van der Waals surface area contributed by atoms with Gasteiger partial charge in [0, 0.05) is 49.3 Å². The monoisotopic (exact) mass is 565 g/mol. The van der Waals surface area contributed by atoms with Gasteiger partial charge in [-0.15, -0.1) is 11.6 Å². The number of aromatic nitrogens is 3. The predicted octanol–water partition coefficient (Wildman–Crippen LogP) is 4.39. The zero-order chi connectivity index (χ0) is 27.9. The molecule has 5 rings (SSSR count). The molecule has 0 aliphatic heterocycles. The number of benzene rings is 1. The van der Waals surface area contributed by atoms with Crippen molar-refractivity contribution in [2.75, 3.05) is 13.7 Å². The van der Waals surface area contributed by atoms with Crippen LogP contribution in [-0.2, 0) is 21.3 Å². The molecule has 1 aromatic carbocycles. The molecule has 1 aliphatic carbocycles. The Kier molecular flexibility index (Phi) is 7.00. The highest BCUT2D eigenvalue weighted by Crippen LogP contribution is 2.43. The molecular weight excluding hydrogens is 538 g/mol. The molecule has 0 saturated heterocycles. The van der Waals surface area contributed by atoms with Crippen molar-refractivity contribution in [2.45, 2.75) is 30.5 Å². The van der Waals surface area contributed by atoms with E-state index in [0.29, 0.717) is 35.2 Å². The molecule has 0 bridgehead atoms. The topological polar surface area (TPSA) is 103 Å².